The van der Waals surface area contributed by atoms with Crippen LogP contribution in [0.2, 0.25) is 0 Å². The van der Waals surface area contributed by atoms with Crippen molar-refractivity contribution in [3.05, 3.63) is 6.20 Å². The molecule has 0 aromatic carbocycles. The molecule has 3 rings (SSSR count). The van der Waals surface area contributed by atoms with Gasteiger partial charge in [0.25, 0.3) is 5.88 Å². The number of ether oxygens (including phenoxy) is 3. The maximum atomic E-state index is 6.05. The first-order valence-electron chi connectivity index (χ1n) is 9.06. The largest absolute Gasteiger partial charge is 0.475 e. The predicted octanol–water partition coefficient (Wildman–Crippen LogP) is 2.54. The number of methoxy groups -OCH3 is 1. The van der Waals surface area contributed by atoms with Crippen LogP contribution in [0.25, 0.3) is 0 Å². The number of aromatic nitrogens is 2. The maximum absolute atomic E-state index is 6.05. The normalized spacial score (nSPS) is 23.7. The average Bonchev–Trinajstić information content (AvgIpc) is 3.00. The van der Waals surface area contributed by atoms with Crippen molar-refractivity contribution in [1.82, 2.24) is 14.7 Å². The number of hydrogen-bond donors (Lipinski definition) is 1. The Morgan fingerprint density at radius 3 is 2.42 bits per heavy atom. The fourth-order valence-corrected chi connectivity index (χ4v) is 3.69. The first-order chi connectivity index (χ1) is 11.8. The minimum Gasteiger partial charge on any atom is -0.475 e. The number of rotatable bonds is 7. The maximum Gasteiger partial charge on any atom is 0.256 e. The van der Waals surface area contributed by atoms with Crippen LogP contribution >= 0.6 is 24.8 Å². The smallest absolute Gasteiger partial charge is 0.256 e. The molecule has 1 saturated heterocycles. The van der Waals surface area contributed by atoms with Gasteiger partial charge in [-0.15, -0.1) is 29.9 Å². The first-order valence-corrected chi connectivity index (χ1v) is 9.06. The van der Waals surface area contributed by atoms with Gasteiger partial charge in [-0.05, 0) is 25.7 Å². The van der Waals surface area contributed by atoms with Gasteiger partial charge in [-0.1, -0.05) is 0 Å². The molecule has 0 unspecified atom stereocenters. The SMILES string of the molecule is COCCCOc1nn(C2CCC(N3CCOCC3)CC2)cc1N.Cl.Cl. The third kappa shape index (κ3) is 6.16. The lowest BCUT2D eigenvalue weighted by Crippen LogP contribution is -2.45. The highest BCUT2D eigenvalue weighted by Crippen LogP contribution is 2.33. The topological polar surface area (TPSA) is 74.8 Å². The van der Waals surface area contributed by atoms with Crippen molar-refractivity contribution in [2.45, 2.75) is 44.2 Å². The van der Waals surface area contributed by atoms with Gasteiger partial charge in [0.2, 0.25) is 0 Å². The lowest BCUT2D eigenvalue weighted by Gasteiger charge is -2.38. The Kier molecular flexibility index (Phi) is 10.6. The van der Waals surface area contributed by atoms with Crippen LogP contribution in [-0.2, 0) is 9.47 Å². The Morgan fingerprint density at radius 2 is 1.77 bits per heavy atom. The summed E-state index contributed by atoms with van der Waals surface area (Å²) in [5, 5.41) is 4.56. The van der Waals surface area contributed by atoms with E-state index >= 15 is 0 Å². The van der Waals surface area contributed by atoms with Gasteiger partial charge >= 0.3 is 0 Å². The van der Waals surface area contributed by atoms with E-state index in [9.17, 15) is 0 Å². The van der Waals surface area contributed by atoms with Crippen molar-refractivity contribution in [3.8, 4) is 5.88 Å². The van der Waals surface area contributed by atoms with Crippen LogP contribution in [-0.4, -0.2) is 67.3 Å². The van der Waals surface area contributed by atoms with Crippen molar-refractivity contribution in [1.29, 1.82) is 0 Å². The molecule has 2 heterocycles. The van der Waals surface area contributed by atoms with Crippen LogP contribution in [0.1, 0.15) is 38.1 Å². The Morgan fingerprint density at radius 1 is 1.12 bits per heavy atom. The molecule has 2 aliphatic rings. The Hall–Kier alpha value is -0.730. The fraction of sp³-hybridized carbons (Fsp3) is 0.824. The highest BCUT2D eigenvalue weighted by molar-refractivity contribution is 5.85. The summed E-state index contributed by atoms with van der Waals surface area (Å²) < 4.78 is 18.2. The molecule has 2 fully saturated rings. The van der Waals surface area contributed by atoms with E-state index < -0.39 is 0 Å². The van der Waals surface area contributed by atoms with Crippen molar-refractivity contribution in [3.63, 3.8) is 0 Å². The second-order valence-corrected chi connectivity index (χ2v) is 6.68. The summed E-state index contributed by atoms with van der Waals surface area (Å²) in [5.41, 5.74) is 6.67. The molecule has 2 N–H and O–H groups in total. The lowest BCUT2D eigenvalue weighted by molar-refractivity contribution is 0.00503. The molecule has 1 aliphatic carbocycles. The van der Waals surface area contributed by atoms with Gasteiger partial charge in [-0.3, -0.25) is 9.58 Å². The zero-order chi connectivity index (χ0) is 16.8. The monoisotopic (exact) mass is 410 g/mol. The van der Waals surface area contributed by atoms with Gasteiger partial charge in [0.05, 0.1) is 32.1 Å². The Labute approximate surface area is 168 Å². The van der Waals surface area contributed by atoms with E-state index in [0.717, 1.165) is 45.6 Å². The second-order valence-electron chi connectivity index (χ2n) is 6.68. The lowest BCUT2D eigenvalue weighted by atomic mass is 9.90. The molecule has 0 spiro atoms. The minimum atomic E-state index is 0. The highest BCUT2D eigenvalue weighted by Gasteiger charge is 2.28. The molecular formula is C17H32Cl2N4O3. The van der Waals surface area contributed by atoms with Gasteiger partial charge in [0.1, 0.15) is 5.69 Å². The molecule has 1 saturated carbocycles. The van der Waals surface area contributed by atoms with E-state index in [1.807, 2.05) is 10.9 Å². The molecule has 0 bridgehead atoms. The molecule has 152 valence electrons. The van der Waals surface area contributed by atoms with E-state index in [-0.39, 0.29) is 24.8 Å². The molecule has 26 heavy (non-hydrogen) atoms. The van der Waals surface area contributed by atoms with Gasteiger partial charge in [0, 0.05) is 39.3 Å². The van der Waals surface area contributed by atoms with Crippen molar-refractivity contribution in [2.24, 2.45) is 0 Å². The molecule has 1 aromatic heterocycles. The molecular weight excluding hydrogens is 379 g/mol. The summed E-state index contributed by atoms with van der Waals surface area (Å²) in [7, 11) is 1.69. The van der Waals surface area contributed by atoms with Crippen LogP contribution in [0.4, 0.5) is 5.69 Å². The molecule has 7 nitrogen and oxygen atoms in total. The summed E-state index contributed by atoms with van der Waals surface area (Å²) >= 11 is 0. The van der Waals surface area contributed by atoms with E-state index in [1.54, 1.807) is 7.11 Å². The van der Waals surface area contributed by atoms with E-state index in [2.05, 4.69) is 10.00 Å². The second kappa shape index (κ2) is 11.9. The number of nitrogens with two attached hydrogens (primary N) is 1. The van der Waals surface area contributed by atoms with Gasteiger partial charge in [0.15, 0.2) is 0 Å². The number of hydrogen-bond acceptors (Lipinski definition) is 6. The van der Waals surface area contributed by atoms with Gasteiger partial charge in [-0.25, -0.2) is 0 Å². The van der Waals surface area contributed by atoms with Crippen LogP contribution < -0.4 is 10.5 Å². The van der Waals surface area contributed by atoms with Crippen LogP contribution in [0.3, 0.4) is 0 Å². The summed E-state index contributed by atoms with van der Waals surface area (Å²) in [6.07, 6.45) is 7.49. The number of anilines is 1. The molecule has 9 heteroatoms. The van der Waals surface area contributed by atoms with Gasteiger partial charge < -0.3 is 19.9 Å². The molecule has 0 amide bonds. The zero-order valence-corrected chi connectivity index (χ0v) is 17.1. The summed E-state index contributed by atoms with van der Waals surface area (Å²) in [5.74, 6) is 0.557. The quantitative estimate of drug-likeness (QED) is 0.696. The number of nitrogen functional groups attached to an aromatic ring is 1. The first kappa shape index (κ1) is 23.3. The fourth-order valence-electron chi connectivity index (χ4n) is 3.69. The van der Waals surface area contributed by atoms with Crippen LogP contribution in [0.5, 0.6) is 5.88 Å². The number of morpholine rings is 1. The number of halogens is 2. The summed E-state index contributed by atoms with van der Waals surface area (Å²) in [4.78, 5) is 2.58. The third-order valence-electron chi connectivity index (χ3n) is 5.06. The van der Waals surface area contributed by atoms with E-state index in [4.69, 9.17) is 19.9 Å². The molecule has 1 aromatic rings. The van der Waals surface area contributed by atoms with Crippen molar-refractivity contribution < 1.29 is 14.2 Å². The Bertz CT molecular complexity index is 504. The number of nitrogens with zero attached hydrogens (tertiary/aromatic N) is 3. The van der Waals surface area contributed by atoms with Crippen LogP contribution in [0.15, 0.2) is 6.20 Å². The highest BCUT2D eigenvalue weighted by atomic mass is 35.5. The molecule has 1 aliphatic heterocycles. The average molecular weight is 411 g/mol. The zero-order valence-electron chi connectivity index (χ0n) is 15.5. The molecule has 0 atom stereocenters. The van der Waals surface area contributed by atoms with Crippen LogP contribution in [0, 0.1) is 0 Å². The van der Waals surface area contributed by atoms with E-state index in [1.165, 1.54) is 12.8 Å². The van der Waals surface area contributed by atoms with E-state index in [0.29, 0.717) is 36.9 Å². The Balaban J connectivity index is 0.00000169. The van der Waals surface area contributed by atoms with Gasteiger partial charge in [-0.2, -0.15) is 0 Å². The van der Waals surface area contributed by atoms with Crippen molar-refractivity contribution >= 4 is 30.5 Å². The predicted molar refractivity (Wildman–Crippen MR) is 107 cm³/mol. The minimum absolute atomic E-state index is 0. The third-order valence-corrected chi connectivity index (χ3v) is 5.06. The molecule has 0 radical (unpaired) electrons. The van der Waals surface area contributed by atoms with Crippen molar-refractivity contribution in [2.75, 3.05) is 52.4 Å². The summed E-state index contributed by atoms with van der Waals surface area (Å²) in [6, 6.07) is 1.13. The summed E-state index contributed by atoms with van der Waals surface area (Å²) in [6.45, 7) is 5.16. The standard InChI is InChI=1S/C17H30N4O3.2ClH/c1-22-9-2-10-24-17-16(18)13-21(19-17)15-5-3-14(4-6-15)20-7-11-23-12-8-20;;/h13-15H,2-12,18H2,1H3;2*1H.